The average Bonchev–Trinajstić information content (AvgIpc) is 2.76. The van der Waals surface area contributed by atoms with Crippen molar-refractivity contribution in [2.45, 2.75) is 38.6 Å². The first-order chi connectivity index (χ1) is 14.5. The molecule has 1 aromatic carbocycles. The normalized spacial score (nSPS) is 16.3. The Balaban J connectivity index is 2.03. The number of hydrogen-bond acceptors (Lipinski definition) is 6. The highest BCUT2D eigenvalue weighted by Crippen LogP contribution is 2.28. The summed E-state index contributed by atoms with van der Waals surface area (Å²) in [5, 5.41) is 2.71. The van der Waals surface area contributed by atoms with Crippen LogP contribution in [-0.2, 0) is 19.1 Å². The fraction of sp³-hybridized carbons (Fsp3) is 0.500. The van der Waals surface area contributed by atoms with Gasteiger partial charge in [-0.1, -0.05) is 25.8 Å². The lowest BCUT2D eigenvalue weighted by molar-refractivity contribution is -0.150. The van der Waals surface area contributed by atoms with Crippen LogP contribution in [0.25, 0.3) is 6.08 Å². The van der Waals surface area contributed by atoms with Crippen molar-refractivity contribution in [3.63, 3.8) is 0 Å². The van der Waals surface area contributed by atoms with Crippen LogP contribution in [0.4, 0.5) is 0 Å². The van der Waals surface area contributed by atoms with Crippen LogP contribution in [0.2, 0.25) is 0 Å². The molecule has 1 aliphatic rings. The Morgan fingerprint density at radius 2 is 1.97 bits per heavy atom. The molecule has 0 radical (unpaired) electrons. The molecule has 0 spiro atoms. The lowest BCUT2D eigenvalue weighted by Gasteiger charge is -2.33. The van der Waals surface area contributed by atoms with Crippen molar-refractivity contribution in [2.24, 2.45) is 0 Å². The van der Waals surface area contributed by atoms with E-state index in [9.17, 15) is 14.4 Å². The number of amides is 2. The first kappa shape index (κ1) is 23.3. The lowest BCUT2D eigenvalue weighted by atomic mass is 10.1. The van der Waals surface area contributed by atoms with Gasteiger partial charge in [-0.2, -0.15) is 0 Å². The molecular weight excluding hydrogens is 388 g/mol. The minimum atomic E-state index is -0.875. The first-order valence-electron chi connectivity index (χ1n) is 10.1. The number of rotatable bonds is 10. The molecule has 8 nitrogen and oxygen atoms in total. The predicted octanol–water partition coefficient (Wildman–Crippen LogP) is 2.17. The summed E-state index contributed by atoms with van der Waals surface area (Å²) in [6, 6.07) is 4.41. The Morgan fingerprint density at radius 1 is 1.20 bits per heavy atom. The van der Waals surface area contributed by atoms with Crippen LogP contribution in [-0.4, -0.2) is 62.6 Å². The molecule has 1 heterocycles. The summed E-state index contributed by atoms with van der Waals surface area (Å²) in [6.07, 6.45) is 5.65. The molecular formula is C22H30N2O6. The van der Waals surface area contributed by atoms with Crippen LogP contribution in [0.3, 0.4) is 0 Å². The molecule has 1 saturated heterocycles. The van der Waals surface area contributed by atoms with Crippen molar-refractivity contribution in [1.29, 1.82) is 0 Å². The Morgan fingerprint density at radius 3 is 2.67 bits per heavy atom. The zero-order chi connectivity index (χ0) is 21.9. The van der Waals surface area contributed by atoms with Crippen molar-refractivity contribution in [3.8, 4) is 11.5 Å². The number of benzene rings is 1. The van der Waals surface area contributed by atoms with E-state index in [-0.39, 0.29) is 18.2 Å². The van der Waals surface area contributed by atoms with E-state index in [0.29, 0.717) is 31.2 Å². The molecule has 1 unspecified atom stereocenters. The summed E-state index contributed by atoms with van der Waals surface area (Å²) in [4.78, 5) is 38.5. The number of ether oxygens (including phenoxy) is 3. The summed E-state index contributed by atoms with van der Waals surface area (Å²) in [6.45, 7) is 3.06. The number of nitrogens with zero attached hydrogens (tertiary/aromatic N) is 1. The molecule has 1 aromatic rings. The van der Waals surface area contributed by atoms with Crippen molar-refractivity contribution in [2.75, 3.05) is 33.9 Å². The monoisotopic (exact) mass is 418 g/mol. The minimum Gasteiger partial charge on any atom is -0.493 e. The summed E-state index contributed by atoms with van der Waals surface area (Å²) < 4.78 is 15.7. The summed E-state index contributed by atoms with van der Waals surface area (Å²) in [7, 11) is 3.09. The Kier molecular flexibility index (Phi) is 9.18. The van der Waals surface area contributed by atoms with Crippen LogP contribution in [0.15, 0.2) is 24.3 Å². The van der Waals surface area contributed by atoms with Gasteiger partial charge < -0.3 is 24.4 Å². The topological polar surface area (TPSA) is 94.2 Å². The van der Waals surface area contributed by atoms with E-state index in [1.165, 1.54) is 18.1 Å². The Hall–Kier alpha value is -3.03. The molecule has 0 saturated carbocycles. The summed E-state index contributed by atoms with van der Waals surface area (Å²) >= 11 is 0. The second-order valence-electron chi connectivity index (χ2n) is 6.92. The number of carbonyl (C=O) groups is 3. The number of unbranched alkanes of at least 4 members (excludes halogenated alkanes) is 2. The van der Waals surface area contributed by atoms with E-state index in [1.54, 1.807) is 31.4 Å². The van der Waals surface area contributed by atoms with E-state index in [0.717, 1.165) is 24.8 Å². The smallest absolute Gasteiger partial charge is 0.308 e. The maximum absolute atomic E-state index is 12.7. The summed E-state index contributed by atoms with van der Waals surface area (Å²) in [5.41, 5.74) is 0.745. The van der Waals surface area contributed by atoms with Gasteiger partial charge in [0.2, 0.25) is 11.8 Å². The van der Waals surface area contributed by atoms with Gasteiger partial charge in [-0.15, -0.1) is 0 Å². The van der Waals surface area contributed by atoms with E-state index in [2.05, 4.69) is 12.2 Å². The van der Waals surface area contributed by atoms with Crippen LogP contribution in [0, 0.1) is 0 Å². The molecule has 0 bridgehead atoms. The lowest BCUT2D eigenvalue weighted by Crippen LogP contribution is -2.57. The molecule has 1 N–H and O–H groups in total. The second kappa shape index (κ2) is 11.8. The molecule has 1 aliphatic heterocycles. The van der Waals surface area contributed by atoms with Crippen LogP contribution >= 0.6 is 0 Å². The number of hydrogen-bond donors (Lipinski definition) is 1. The van der Waals surface area contributed by atoms with Crippen molar-refractivity contribution < 1.29 is 28.6 Å². The highest BCUT2D eigenvalue weighted by Gasteiger charge is 2.34. The van der Waals surface area contributed by atoms with Crippen molar-refractivity contribution in [1.82, 2.24) is 10.2 Å². The molecule has 2 rings (SSSR count). The van der Waals surface area contributed by atoms with E-state index < -0.39 is 12.0 Å². The van der Waals surface area contributed by atoms with Gasteiger partial charge in [0, 0.05) is 19.2 Å². The third-order valence-corrected chi connectivity index (χ3v) is 4.81. The highest BCUT2D eigenvalue weighted by atomic mass is 16.5. The van der Waals surface area contributed by atoms with Gasteiger partial charge >= 0.3 is 5.97 Å². The van der Waals surface area contributed by atoms with Gasteiger partial charge in [0.1, 0.15) is 6.04 Å². The number of piperazine rings is 1. The number of methoxy groups -OCH3 is 2. The molecule has 0 aromatic heterocycles. The van der Waals surface area contributed by atoms with Gasteiger partial charge in [0.25, 0.3) is 0 Å². The van der Waals surface area contributed by atoms with Gasteiger partial charge in [-0.05, 0) is 30.2 Å². The Bertz CT molecular complexity index is 777. The number of carbonyl (C=O) groups excluding carboxylic acids is 3. The molecule has 1 atom stereocenters. The summed E-state index contributed by atoms with van der Waals surface area (Å²) in [5.74, 6) is -0.0304. The third kappa shape index (κ3) is 6.50. The SMILES string of the molecule is CCCCCOC(=O)CC1C(=O)NCCN1C(=O)/C=C/c1ccc(OC)c(OC)c1. The molecule has 2 amide bonds. The largest absolute Gasteiger partial charge is 0.493 e. The molecule has 30 heavy (non-hydrogen) atoms. The second-order valence-corrected chi connectivity index (χ2v) is 6.92. The zero-order valence-electron chi connectivity index (χ0n) is 17.8. The Labute approximate surface area is 177 Å². The standard InChI is InChI=1S/C22H30N2O6/c1-4-5-6-13-30-21(26)15-17-22(27)23-11-12-24(17)20(25)10-8-16-7-9-18(28-2)19(14-16)29-3/h7-10,14,17H,4-6,11-13,15H2,1-3H3,(H,23,27)/b10-8+. The minimum absolute atomic E-state index is 0.159. The van der Waals surface area contributed by atoms with Crippen molar-refractivity contribution in [3.05, 3.63) is 29.8 Å². The van der Waals surface area contributed by atoms with E-state index in [4.69, 9.17) is 14.2 Å². The van der Waals surface area contributed by atoms with Gasteiger partial charge in [-0.3, -0.25) is 14.4 Å². The van der Waals surface area contributed by atoms with Crippen LogP contribution in [0.5, 0.6) is 11.5 Å². The quantitative estimate of drug-likeness (QED) is 0.356. The molecule has 0 aliphatic carbocycles. The van der Waals surface area contributed by atoms with Gasteiger partial charge in [0.15, 0.2) is 11.5 Å². The van der Waals surface area contributed by atoms with E-state index >= 15 is 0 Å². The molecule has 164 valence electrons. The highest BCUT2D eigenvalue weighted by molar-refractivity contribution is 5.97. The fourth-order valence-electron chi connectivity index (χ4n) is 3.16. The van der Waals surface area contributed by atoms with Gasteiger partial charge in [0.05, 0.1) is 27.2 Å². The van der Waals surface area contributed by atoms with Gasteiger partial charge in [-0.25, -0.2) is 0 Å². The van der Waals surface area contributed by atoms with Crippen molar-refractivity contribution >= 4 is 23.9 Å². The zero-order valence-corrected chi connectivity index (χ0v) is 17.8. The average molecular weight is 418 g/mol. The maximum atomic E-state index is 12.7. The van der Waals surface area contributed by atoms with E-state index in [1.807, 2.05) is 0 Å². The van der Waals surface area contributed by atoms with Crippen LogP contribution in [0.1, 0.15) is 38.2 Å². The first-order valence-corrected chi connectivity index (χ1v) is 10.1. The maximum Gasteiger partial charge on any atom is 0.308 e. The third-order valence-electron chi connectivity index (χ3n) is 4.81. The number of esters is 1. The fourth-order valence-corrected chi connectivity index (χ4v) is 3.16. The van der Waals surface area contributed by atoms with Crippen LogP contribution < -0.4 is 14.8 Å². The predicted molar refractivity (Wildman–Crippen MR) is 112 cm³/mol. The number of nitrogens with one attached hydrogen (secondary N) is 1. The molecule has 8 heteroatoms. The molecule has 1 fully saturated rings.